The van der Waals surface area contributed by atoms with E-state index in [-0.39, 0.29) is 0 Å². The number of ether oxygens (including phenoxy) is 1. The van der Waals surface area contributed by atoms with Crippen molar-refractivity contribution in [2.24, 2.45) is 0 Å². The molecule has 4 nitrogen and oxygen atoms in total. The molecule has 0 aliphatic carbocycles. The molecule has 0 fully saturated rings. The molecule has 2 aromatic carbocycles. The molecule has 3 rings (SSSR count). The Hall–Kier alpha value is -2.10. The fourth-order valence-electron chi connectivity index (χ4n) is 2.33. The van der Waals surface area contributed by atoms with E-state index < -0.39 is 0 Å². The molecule has 0 bridgehead atoms. The van der Waals surface area contributed by atoms with Gasteiger partial charge in [-0.25, -0.2) is 4.98 Å². The summed E-state index contributed by atoms with van der Waals surface area (Å²) in [4.78, 5) is 4.40. The Kier molecular flexibility index (Phi) is 5.57. The predicted octanol–water partition coefficient (Wildman–Crippen LogP) is 6.21. The molecule has 0 amide bonds. The van der Waals surface area contributed by atoms with E-state index in [1.165, 1.54) is 0 Å². The zero-order valence-electron chi connectivity index (χ0n) is 13.4. The first-order valence-corrected chi connectivity index (χ1v) is 9.30. The Labute approximate surface area is 162 Å². The van der Waals surface area contributed by atoms with Crippen LogP contribution in [0.4, 0.5) is 0 Å². The van der Waals surface area contributed by atoms with Crippen LogP contribution in [0.3, 0.4) is 0 Å². The second kappa shape index (κ2) is 7.85. The van der Waals surface area contributed by atoms with Gasteiger partial charge < -0.3 is 9.15 Å². The van der Waals surface area contributed by atoms with Crippen molar-refractivity contribution in [1.82, 2.24) is 4.98 Å². The van der Waals surface area contributed by atoms with Crippen LogP contribution in [0.15, 0.2) is 49.8 Å². The van der Waals surface area contributed by atoms with Gasteiger partial charge in [0.25, 0.3) is 0 Å². The van der Waals surface area contributed by atoms with E-state index in [4.69, 9.17) is 9.15 Å². The van der Waals surface area contributed by atoms with E-state index in [2.05, 4.69) is 42.9 Å². The number of allylic oxidation sites excluding steroid dienone is 1. The van der Waals surface area contributed by atoms with Crippen LogP contribution in [0.5, 0.6) is 5.75 Å². The fraction of sp³-hybridized carbons (Fsp3) is 0.158. The SMILES string of the molecule is CCCOc1c(Br)cc(Br)cc1/C=C(\C#N)c1nc2ccccc2o1. The molecular weight excluding hydrogens is 448 g/mol. The maximum Gasteiger partial charge on any atom is 0.238 e. The van der Waals surface area contributed by atoms with E-state index in [0.29, 0.717) is 29.4 Å². The van der Waals surface area contributed by atoms with Crippen LogP contribution in [0, 0.1) is 11.3 Å². The van der Waals surface area contributed by atoms with Gasteiger partial charge in [0.2, 0.25) is 5.89 Å². The molecule has 25 heavy (non-hydrogen) atoms. The first-order valence-electron chi connectivity index (χ1n) is 7.72. The van der Waals surface area contributed by atoms with Crippen LogP contribution in [0.2, 0.25) is 0 Å². The second-order valence-electron chi connectivity index (χ2n) is 5.31. The van der Waals surface area contributed by atoms with Crippen LogP contribution in [-0.2, 0) is 0 Å². The van der Waals surface area contributed by atoms with Crippen LogP contribution >= 0.6 is 31.9 Å². The van der Waals surface area contributed by atoms with Crippen LogP contribution in [-0.4, -0.2) is 11.6 Å². The molecule has 0 aliphatic rings. The van der Waals surface area contributed by atoms with Gasteiger partial charge in [0.15, 0.2) is 5.58 Å². The lowest BCUT2D eigenvalue weighted by molar-refractivity contribution is 0.315. The van der Waals surface area contributed by atoms with Gasteiger partial charge in [-0.2, -0.15) is 5.26 Å². The van der Waals surface area contributed by atoms with Crippen molar-refractivity contribution in [3.8, 4) is 11.8 Å². The van der Waals surface area contributed by atoms with E-state index in [1.807, 2.05) is 43.3 Å². The molecule has 0 atom stereocenters. The maximum absolute atomic E-state index is 9.59. The largest absolute Gasteiger partial charge is 0.492 e. The molecule has 1 heterocycles. The van der Waals surface area contributed by atoms with E-state index in [1.54, 1.807) is 6.08 Å². The zero-order chi connectivity index (χ0) is 17.8. The van der Waals surface area contributed by atoms with Gasteiger partial charge in [0.05, 0.1) is 11.1 Å². The van der Waals surface area contributed by atoms with Crippen molar-refractivity contribution < 1.29 is 9.15 Å². The van der Waals surface area contributed by atoms with Gasteiger partial charge in [0.1, 0.15) is 22.9 Å². The highest BCUT2D eigenvalue weighted by molar-refractivity contribution is 9.11. The molecule has 6 heteroatoms. The van der Waals surface area contributed by atoms with Crippen LogP contribution in [0.25, 0.3) is 22.7 Å². The summed E-state index contributed by atoms with van der Waals surface area (Å²) in [6.45, 7) is 2.63. The first kappa shape index (κ1) is 17.7. The van der Waals surface area contributed by atoms with E-state index in [0.717, 1.165) is 26.4 Å². The lowest BCUT2D eigenvalue weighted by atomic mass is 10.1. The van der Waals surface area contributed by atoms with Crippen molar-refractivity contribution in [2.75, 3.05) is 6.61 Å². The van der Waals surface area contributed by atoms with Crippen molar-refractivity contribution in [3.05, 3.63) is 56.8 Å². The van der Waals surface area contributed by atoms with Gasteiger partial charge in [-0.3, -0.25) is 0 Å². The van der Waals surface area contributed by atoms with Crippen molar-refractivity contribution >= 4 is 54.6 Å². The van der Waals surface area contributed by atoms with Crippen LogP contribution in [0.1, 0.15) is 24.8 Å². The molecule has 0 aliphatic heterocycles. The Morgan fingerprint density at radius 2 is 2.12 bits per heavy atom. The van der Waals surface area contributed by atoms with Crippen molar-refractivity contribution in [2.45, 2.75) is 13.3 Å². The Bertz CT molecular complexity index is 954. The molecule has 0 saturated heterocycles. The zero-order valence-corrected chi connectivity index (χ0v) is 16.6. The number of hydrogen-bond donors (Lipinski definition) is 0. The van der Waals surface area contributed by atoms with Gasteiger partial charge in [-0.15, -0.1) is 0 Å². The summed E-state index contributed by atoms with van der Waals surface area (Å²) >= 11 is 6.99. The predicted molar refractivity (Wildman–Crippen MR) is 105 cm³/mol. The molecular formula is C19H14Br2N2O2. The monoisotopic (exact) mass is 460 g/mol. The number of aromatic nitrogens is 1. The van der Waals surface area contributed by atoms with E-state index >= 15 is 0 Å². The Balaban J connectivity index is 2.09. The molecule has 0 saturated carbocycles. The summed E-state index contributed by atoms with van der Waals surface area (Å²) in [5.74, 6) is 0.982. The minimum absolute atomic E-state index is 0.293. The summed E-state index contributed by atoms with van der Waals surface area (Å²) in [7, 11) is 0. The third-order valence-electron chi connectivity index (χ3n) is 3.43. The molecule has 126 valence electrons. The van der Waals surface area contributed by atoms with Crippen molar-refractivity contribution in [1.29, 1.82) is 5.26 Å². The number of hydrogen-bond acceptors (Lipinski definition) is 4. The standard InChI is InChI=1S/C19H14Br2N2O2/c1-2-7-24-18-12(9-14(20)10-15(18)21)8-13(11-22)19-23-16-5-3-4-6-17(16)25-19/h3-6,8-10H,2,7H2,1H3/b13-8+. The number of nitriles is 1. The highest BCUT2D eigenvalue weighted by Gasteiger charge is 2.14. The Morgan fingerprint density at radius 3 is 2.84 bits per heavy atom. The highest BCUT2D eigenvalue weighted by Crippen LogP contribution is 2.35. The Morgan fingerprint density at radius 1 is 1.32 bits per heavy atom. The lowest BCUT2D eigenvalue weighted by Crippen LogP contribution is -1.98. The molecule has 0 N–H and O–H groups in total. The second-order valence-corrected chi connectivity index (χ2v) is 7.08. The third-order valence-corrected chi connectivity index (χ3v) is 4.48. The maximum atomic E-state index is 9.59. The van der Waals surface area contributed by atoms with Gasteiger partial charge in [-0.05, 0) is 52.7 Å². The van der Waals surface area contributed by atoms with Gasteiger partial charge in [-0.1, -0.05) is 35.0 Å². The lowest BCUT2D eigenvalue weighted by Gasteiger charge is -2.11. The number of halogens is 2. The normalized spacial score (nSPS) is 11.5. The average Bonchev–Trinajstić information content (AvgIpc) is 3.02. The third kappa shape index (κ3) is 3.94. The van der Waals surface area contributed by atoms with Crippen molar-refractivity contribution in [3.63, 3.8) is 0 Å². The van der Waals surface area contributed by atoms with E-state index in [9.17, 15) is 5.26 Å². The smallest absolute Gasteiger partial charge is 0.238 e. The fourth-order valence-corrected chi connectivity index (χ4v) is 3.70. The van der Waals surface area contributed by atoms with Gasteiger partial charge in [0, 0.05) is 10.0 Å². The number of benzene rings is 2. The first-order chi connectivity index (χ1) is 12.1. The number of rotatable bonds is 5. The van der Waals surface area contributed by atoms with Gasteiger partial charge >= 0.3 is 0 Å². The molecule has 0 radical (unpaired) electrons. The number of nitrogens with zero attached hydrogens (tertiary/aromatic N) is 2. The molecule has 3 aromatic rings. The van der Waals surface area contributed by atoms with Crippen LogP contribution < -0.4 is 4.74 Å². The summed E-state index contributed by atoms with van der Waals surface area (Å²) in [5.41, 5.74) is 2.48. The average molecular weight is 462 g/mol. The summed E-state index contributed by atoms with van der Waals surface area (Å²) in [6, 6.07) is 13.4. The minimum Gasteiger partial charge on any atom is -0.492 e. The molecule has 1 aromatic heterocycles. The number of fused-ring (bicyclic) bond motifs is 1. The summed E-state index contributed by atoms with van der Waals surface area (Å²) in [5, 5.41) is 9.59. The topological polar surface area (TPSA) is 59.0 Å². The molecule has 0 spiro atoms. The summed E-state index contributed by atoms with van der Waals surface area (Å²) in [6.07, 6.45) is 2.62. The number of oxazole rings is 1. The minimum atomic E-state index is 0.293. The quantitative estimate of drug-likeness (QED) is 0.424. The summed E-state index contributed by atoms with van der Waals surface area (Å²) < 4.78 is 13.2. The number of para-hydroxylation sites is 2. The highest BCUT2D eigenvalue weighted by atomic mass is 79.9. The molecule has 0 unspecified atom stereocenters.